The SMILES string of the molecule is CCCCC/C=C\C/C=C\C/C=C\C/C=C\CCCC(=O)OC[C@H](COP(=O)(O)OP(=O)(O)OC[C@H]1O[C@@H](n2ccc(N)nc2=O)[C@H](O)[C@@H]1O)OC(=O)CCC[C@H](O)/C=C/C=C\C/C=C\C=C\[C@H](O)CCCCC. The number of allylic oxidation sites excluding steroid dienone is 14. The largest absolute Gasteiger partial charge is 0.481 e. The molecule has 1 aromatic rings. The second kappa shape index (κ2) is 39.0. The lowest BCUT2D eigenvalue weighted by Gasteiger charge is -2.21. The Morgan fingerprint density at radius 1 is 0.716 bits per heavy atom. The summed E-state index contributed by atoms with van der Waals surface area (Å²) in [6, 6.07) is 1.23. The predicted molar refractivity (Wildman–Crippen MR) is 282 cm³/mol. The van der Waals surface area contributed by atoms with Crippen molar-refractivity contribution in [3.8, 4) is 0 Å². The van der Waals surface area contributed by atoms with Gasteiger partial charge in [-0.3, -0.25) is 23.2 Å². The minimum Gasteiger partial charge on any atom is -0.462 e. The number of phosphoric acid groups is 2. The summed E-state index contributed by atoms with van der Waals surface area (Å²) in [5.74, 6) is -1.62. The molecule has 0 radical (unpaired) electrons. The number of nitrogens with two attached hydrogens (primary N) is 1. The molecule has 0 bridgehead atoms. The number of unbranched alkanes of at least 4 members (excludes halogenated alkanes) is 6. The molecule has 9 atom stereocenters. The van der Waals surface area contributed by atoms with Crippen LogP contribution >= 0.6 is 15.6 Å². The molecule has 2 unspecified atom stereocenters. The van der Waals surface area contributed by atoms with E-state index in [1.54, 1.807) is 30.4 Å². The molecular weight excluding hydrogens is 1000 g/mol. The van der Waals surface area contributed by atoms with Crippen LogP contribution in [0.1, 0.15) is 136 Å². The lowest BCUT2D eigenvalue weighted by atomic mass is 10.1. The molecule has 1 aromatic heterocycles. The number of carbonyl (C=O) groups excluding carboxylic acids is 2. The number of carbonyl (C=O) groups is 2. The molecule has 2 rings (SSSR count). The smallest absolute Gasteiger partial charge is 0.462 e. The summed E-state index contributed by atoms with van der Waals surface area (Å²) in [6.45, 7) is 1.74. The van der Waals surface area contributed by atoms with E-state index in [0.29, 0.717) is 19.3 Å². The number of ether oxygens (including phenoxy) is 3. The van der Waals surface area contributed by atoms with Crippen molar-refractivity contribution in [2.24, 2.45) is 0 Å². The second-order valence-electron chi connectivity index (χ2n) is 17.4. The van der Waals surface area contributed by atoms with Gasteiger partial charge in [0.1, 0.15) is 30.7 Å². The number of nitrogens with zero attached hydrogens (tertiary/aromatic N) is 2. The number of phosphoric ester groups is 2. The Hall–Kier alpha value is -4.40. The fraction of sp³-hybridized carbons (Fsp3) is 0.577. The van der Waals surface area contributed by atoms with E-state index < -0.39 is 95.9 Å². The van der Waals surface area contributed by atoms with Crippen LogP contribution in [0.3, 0.4) is 0 Å². The van der Waals surface area contributed by atoms with Gasteiger partial charge in [-0.25, -0.2) is 13.9 Å². The number of aromatic nitrogens is 2. The van der Waals surface area contributed by atoms with Gasteiger partial charge in [0.15, 0.2) is 12.3 Å². The number of anilines is 1. The summed E-state index contributed by atoms with van der Waals surface area (Å²) in [7, 11) is -11.0. The first-order valence-electron chi connectivity index (χ1n) is 25.5. The Bertz CT molecular complexity index is 2160. The van der Waals surface area contributed by atoms with Gasteiger partial charge in [0.05, 0.1) is 25.4 Å². The maximum Gasteiger partial charge on any atom is 0.481 e. The van der Waals surface area contributed by atoms with Crippen molar-refractivity contribution in [1.29, 1.82) is 0 Å². The van der Waals surface area contributed by atoms with E-state index in [2.05, 4.69) is 59.6 Å². The molecule has 0 aliphatic carbocycles. The van der Waals surface area contributed by atoms with E-state index >= 15 is 0 Å². The first kappa shape index (κ1) is 65.7. The van der Waals surface area contributed by atoms with Gasteiger partial charge in [0.2, 0.25) is 0 Å². The summed E-state index contributed by atoms with van der Waals surface area (Å²) < 4.78 is 56.5. The number of nitrogen functional groups attached to an aromatic ring is 1. The van der Waals surface area contributed by atoms with Gasteiger partial charge in [0.25, 0.3) is 0 Å². The van der Waals surface area contributed by atoms with Crippen LogP contribution in [-0.4, -0.2) is 108 Å². The zero-order valence-electron chi connectivity index (χ0n) is 42.8. The normalized spacial score (nSPS) is 20.5. The fourth-order valence-corrected chi connectivity index (χ4v) is 8.92. The Kier molecular flexibility index (Phi) is 34.7. The molecule has 416 valence electrons. The van der Waals surface area contributed by atoms with Gasteiger partial charge in [-0.15, -0.1) is 0 Å². The van der Waals surface area contributed by atoms with E-state index in [-0.39, 0.29) is 31.5 Å². The second-order valence-corrected chi connectivity index (χ2v) is 20.4. The molecule has 0 saturated carbocycles. The maximum atomic E-state index is 12.9. The summed E-state index contributed by atoms with van der Waals surface area (Å²) in [4.78, 5) is 61.9. The Labute approximate surface area is 435 Å². The quantitative estimate of drug-likeness (QED) is 0.0107. The summed E-state index contributed by atoms with van der Waals surface area (Å²) in [6.07, 6.45) is 35.6. The van der Waals surface area contributed by atoms with Crippen molar-refractivity contribution in [1.82, 2.24) is 9.55 Å². The van der Waals surface area contributed by atoms with Gasteiger partial charge < -0.3 is 50.2 Å². The third kappa shape index (κ3) is 31.5. The highest BCUT2D eigenvalue weighted by atomic mass is 31.3. The van der Waals surface area contributed by atoms with E-state index in [4.69, 9.17) is 29.0 Å². The zero-order valence-corrected chi connectivity index (χ0v) is 44.6. The third-order valence-corrected chi connectivity index (χ3v) is 13.5. The minimum absolute atomic E-state index is 0.00409. The van der Waals surface area contributed by atoms with Gasteiger partial charge in [0, 0.05) is 19.0 Å². The van der Waals surface area contributed by atoms with Gasteiger partial charge >= 0.3 is 33.3 Å². The van der Waals surface area contributed by atoms with Gasteiger partial charge in [-0.2, -0.15) is 9.29 Å². The van der Waals surface area contributed by atoms with Crippen molar-refractivity contribution >= 4 is 33.4 Å². The highest BCUT2D eigenvalue weighted by molar-refractivity contribution is 7.61. The molecule has 1 aliphatic heterocycles. The minimum atomic E-state index is -5.50. The molecular formula is C52H81N3O17P2. The van der Waals surface area contributed by atoms with Crippen LogP contribution in [0, 0.1) is 0 Å². The molecule has 1 saturated heterocycles. The van der Waals surface area contributed by atoms with Crippen LogP contribution in [0.15, 0.2) is 114 Å². The van der Waals surface area contributed by atoms with E-state index in [9.17, 15) is 53.7 Å². The van der Waals surface area contributed by atoms with Crippen LogP contribution in [-0.2, 0) is 46.3 Å². The molecule has 2 heterocycles. The number of rotatable bonds is 40. The molecule has 20 nitrogen and oxygen atoms in total. The molecule has 1 aliphatic rings. The standard InChI is InChI=1S/C52H81N3O17P2/c1-3-5-7-8-9-10-11-12-13-14-15-16-17-18-22-25-29-35-47(58)67-39-44(70-48(59)36-30-34-43(57)33-28-24-21-19-20-23-27-32-42(56)31-26-6-4-2)40-68-73(63,64)72-74(65,66)69-41-45-49(60)50(61)51(71-45)55-38-37-46(53)54-52(55)62/h9-10,12-13,15-16,18,20-24,27-28,32-33,37-38,42-45,49-51,56-57,60-61H,3-8,11,14,17,19,25-26,29-31,34-36,39-41H2,1-2H3,(H,63,64)(H,65,66)(H2,53,54,62)/b10-9-,13-12-,16-15-,22-18-,23-20-,24-21-,32-27+,33-28+/t42-,43-,44-,45-,49-,50-,51-/m1/s1. The van der Waals surface area contributed by atoms with Crippen molar-refractivity contribution < 1.29 is 76.5 Å². The van der Waals surface area contributed by atoms with Crippen LogP contribution in [0.2, 0.25) is 0 Å². The van der Waals surface area contributed by atoms with Crippen molar-refractivity contribution in [3.63, 3.8) is 0 Å². The monoisotopic (exact) mass is 1080 g/mol. The van der Waals surface area contributed by atoms with Gasteiger partial charge in [-0.1, -0.05) is 143 Å². The van der Waals surface area contributed by atoms with Crippen LogP contribution in [0.25, 0.3) is 0 Å². The molecule has 8 N–H and O–H groups in total. The van der Waals surface area contributed by atoms with Gasteiger partial charge in [-0.05, 0) is 76.7 Å². The van der Waals surface area contributed by atoms with Crippen molar-refractivity contribution in [2.45, 2.75) is 172 Å². The first-order valence-corrected chi connectivity index (χ1v) is 28.5. The number of hydrogen-bond donors (Lipinski definition) is 7. The molecule has 0 amide bonds. The number of aliphatic hydroxyl groups excluding tert-OH is 4. The highest BCUT2D eigenvalue weighted by Gasteiger charge is 2.46. The van der Waals surface area contributed by atoms with Crippen molar-refractivity contribution in [3.05, 3.63) is 120 Å². The van der Waals surface area contributed by atoms with E-state index in [0.717, 1.165) is 62.1 Å². The zero-order chi connectivity index (χ0) is 54.5. The lowest BCUT2D eigenvalue weighted by molar-refractivity contribution is -0.161. The highest BCUT2D eigenvalue weighted by Crippen LogP contribution is 2.60. The Morgan fingerprint density at radius 2 is 1.26 bits per heavy atom. The third-order valence-electron chi connectivity index (χ3n) is 10.8. The average molecular weight is 1080 g/mol. The van der Waals surface area contributed by atoms with E-state index in [1.807, 2.05) is 30.4 Å². The molecule has 22 heteroatoms. The van der Waals surface area contributed by atoms with Crippen LogP contribution in [0.5, 0.6) is 0 Å². The summed E-state index contributed by atoms with van der Waals surface area (Å²) in [5.41, 5.74) is 4.56. The molecule has 0 spiro atoms. The molecule has 74 heavy (non-hydrogen) atoms. The Balaban J connectivity index is 1.90. The summed E-state index contributed by atoms with van der Waals surface area (Å²) in [5, 5.41) is 41.2. The fourth-order valence-electron chi connectivity index (χ4n) is 6.81. The number of esters is 2. The number of aliphatic hydroxyl groups is 4. The van der Waals surface area contributed by atoms with E-state index in [1.165, 1.54) is 25.3 Å². The van der Waals surface area contributed by atoms with Crippen LogP contribution < -0.4 is 11.4 Å². The topological polar surface area (TPSA) is 306 Å². The molecule has 0 aromatic carbocycles. The lowest BCUT2D eigenvalue weighted by Crippen LogP contribution is -2.36. The van der Waals surface area contributed by atoms with Crippen LogP contribution in [0.4, 0.5) is 5.82 Å². The average Bonchev–Trinajstić information content (AvgIpc) is 3.63. The number of hydrogen-bond acceptors (Lipinski definition) is 17. The maximum absolute atomic E-state index is 12.9. The van der Waals surface area contributed by atoms with Crippen molar-refractivity contribution in [2.75, 3.05) is 25.6 Å². The first-order chi connectivity index (χ1) is 35.5. The summed E-state index contributed by atoms with van der Waals surface area (Å²) >= 11 is 0. The predicted octanol–water partition coefficient (Wildman–Crippen LogP) is 8.38. The molecule has 1 fully saturated rings. The Morgan fingerprint density at radius 3 is 1.86 bits per heavy atom.